The molecule has 0 heterocycles. The fourth-order valence-electron chi connectivity index (χ4n) is 10.1. The van der Waals surface area contributed by atoms with E-state index in [0.717, 1.165) is 30.1 Å². The van der Waals surface area contributed by atoms with Crippen LogP contribution in [0.1, 0.15) is 98.8 Å². The number of carbonyl (C=O) groups is 1. The number of hydrogen-bond acceptors (Lipinski definition) is 3. The van der Waals surface area contributed by atoms with Crippen LogP contribution >= 0.6 is 0 Å². The third-order valence-electron chi connectivity index (χ3n) is 11.6. The highest BCUT2D eigenvalue weighted by Gasteiger charge is 2.65. The van der Waals surface area contributed by atoms with Gasteiger partial charge in [0.05, 0.1) is 6.10 Å². The van der Waals surface area contributed by atoms with E-state index < -0.39 is 0 Å². The first kappa shape index (κ1) is 25.5. The number of hydrogen-bond donors (Lipinski definition) is 1. The number of carbonyl (C=O) groups excluding carboxylic acids is 1. The normalized spacial score (nSPS) is 47.9. The van der Waals surface area contributed by atoms with E-state index in [1.165, 1.54) is 51.4 Å². The maximum absolute atomic E-state index is 11.5. The van der Waals surface area contributed by atoms with Crippen LogP contribution in [-0.2, 0) is 14.3 Å². The molecule has 4 nitrogen and oxygen atoms in total. The predicted molar refractivity (Wildman–Crippen MR) is 133 cm³/mol. The SMILES string of the molecule is CC[C@H]1[C@@H](OCOC)C2C3CC[C@H]([C@H](C)CCC(N)=O)[C@@]3(C)CCC2[C@@]2(C)CC[C@@H](C)C[C@@H]12. The lowest BCUT2D eigenvalue weighted by atomic mass is 9.41. The van der Waals surface area contributed by atoms with E-state index in [0.29, 0.717) is 53.8 Å². The van der Waals surface area contributed by atoms with Crippen LogP contribution < -0.4 is 5.73 Å². The van der Waals surface area contributed by atoms with Crippen LogP contribution in [0, 0.1) is 58.2 Å². The summed E-state index contributed by atoms with van der Waals surface area (Å²) in [4.78, 5) is 11.5. The van der Waals surface area contributed by atoms with Gasteiger partial charge in [-0.25, -0.2) is 0 Å². The van der Waals surface area contributed by atoms with E-state index in [1.807, 2.05) is 0 Å². The summed E-state index contributed by atoms with van der Waals surface area (Å²) in [5.41, 5.74) is 6.32. The van der Waals surface area contributed by atoms with Gasteiger partial charge in [0.25, 0.3) is 0 Å². The summed E-state index contributed by atoms with van der Waals surface area (Å²) in [5.74, 6) is 5.52. The molecule has 1 amide bonds. The van der Waals surface area contributed by atoms with Crippen molar-refractivity contribution >= 4 is 5.91 Å². The number of nitrogens with two attached hydrogens (primary N) is 1. The number of methoxy groups -OCH3 is 1. The quantitative estimate of drug-likeness (QED) is 0.424. The summed E-state index contributed by atoms with van der Waals surface area (Å²) < 4.78 is 12.2. The molecule has 11 atom stereocenters. The van der Waals surface area contributed by atoms with Crippen LogP contribution in [0.2, 0.25) is 0 Å². The molecule has 0 aromatic carbocycles. The van der Waals surface area contributed by atoms with Gasteiger partial charge in [-0.3, -0.25) is 4.79 Å². The van der Waals surface area contributed by atoms with Crippen molar-refractivity contribution in [3.8, 4) is 0 Å². The van der Waals surface area contributed by atoms with E-state index in [9.17, 15) is 4.79 Å². The van der Waals surface area contributed by atoms with Gasteiger partial charge in [-0.2, -0.15) is 0 Å². The molecule has 0 aromatic rings. The zero-order chi connectivity index (χ0) is 24.0. The lowest BCUT2D eigenvalue weighted by Crippen LogP contribution is -2.62. The predicted octanol–water partition coefficient (Wildman–Crippen LogP) is 6.42. The Bertz CT molecular complexity index is 696. The average molecular weight is 462 g/mol. The molecule has 4 aliphatic carbocycles. The van der Waals surface area contributed by atoms with Gasteiger partial charge in [0.1, 0.15) is 6.79 Å². The van der Waals surface area contributed by atoms with Gasteiger partial charge in [-0.15, -0.1) is 0 Å². The maximum Gasteiger partial charge on any atom is 0.217 e. The molecule has 4 rings (SSSR count). The average Bonchev–Trinajstić information content (AvgIpc) is 3.13. The molecule has 4 saturated carbocycles. The zero-order valence-electron chi connectivity index (χ0n) is 22.3. The van der Waals surface area contributed by atoms with Crippen molar-refractivity contribution in [1.82, 2.24) is 0 Å². The number of amides is 1. The molecular weight excluding hydrogens is 410 g/mol. The van der Waals surface area contributed by atoms with Crippen LogP contribution in [0.15, 0.2) is 0 Å². The Balaban J connectivity index is 1.66. The number of ether oxygens (including phenoxy) is 2. The fraction of sp³-hybridized carbons (Fsp3) is 0.966. The molecule has 33 heavy (non-hydrogen) atoms. The fourth-order valence-corrected chi connectivity index (χ4v) is 10.1. The first-order valence-electron chi connectivity index (χ1n) is 14.1. The second-order valence-electron chi connectivity index (χ2n) is 13.1. The standard InChI is InChI=1S/C29H51NO3/c1-7-20-24-16-18(2)12-14-29(24,5)23-13-15-28(4)21(19(3)8-11-25(30)31)9-10-22(28)26(23)27(20)33-17-32-6/h18-24,26-27H,7-17H2,1-6H3,(H2,30,31)/t18-,19-,20-,21-,22?,23?,24+,26?,27-,28-,29-/m1/s1. The van der Waals surface area contributed by atoms with E-state index >= 15 is 0 Å². The summed E-state index contributed by atoms with van der Waals surface area (Å²) in [6.07, 6.45) is 12.5. The van der Waals surface area contributed by atoms with Gasteiger partial charge in [0, 0.05) is 13.5 Å². The highest BCUT2D eigenvalue weighted by atomic mass is 16.7. The molecular formula is C29H51NO3. The second kappa shape index (κ2) is 9.80. The van der Waals surface area contributed by atoms with Crippen molar-refractivity contribution in [3.63, 3.8) is 0 Å². The first-order valence-corrected chi connectivity index (χ1v) is 14.1. The van der Waals surface area contributed by atoms with E-state index in [2.05, 4.69) is 34.6 Å². The van der Waals surface area contributed by atoms with Gasteiger partial charge in [-0.05, 0) is 103 Å². The Hall–Kier alpha value is -0.610. The number of primary amides is 1. The van der Waals surface area contributed by atoms with Crippen LogP contribution in [0.5, 0.6) is 0 Å². The van der Waals surface area contributed by atoms with Gasteiger partial charge >= 0.3 is 0 Å². The summed E-state index contributed by atoms with van der Waals surface area (Å²) in [5, 5.41) is 0. The Morgan fingerprint density at radius 1 is 1.06 bits per heavy atom. The molecule has 0 saturated heterocycles. The molecule has 190 valence electrons. The molecule has 0 aromatic heterocycles. The van der Waals surface area contributed by atoms with Crippen molar-refractivity contribution in [3.05, 3.63) is 0 Å². The van der Waals surface area contributed by atoms with Gasteiger partial charge in [0.2, 0.25) is 5.91 Å². The molecule has 0 aliphatic heterocycles. The van der Waals surface area contributed by atoms with Crippen LogP contribution in [0.4, 0.5) is 0 Å². The largest absolute Gasteiger partial charge is 0.370 e. The third-order valence-corrected chi connectivity index (χ3v) is 11.6. The maximum atomic E-state index is 11.5. The highest BCUT2D eigenvalue weighted by molar-refractivity contribution is 5.73. The summed E-state index contributed by atoms with van der Waals surface area (Å²) in [7, 11) is 1.77. The lowest BCUT2D eigenvalue weighted by molar-refractivity contribution is -0.231. The van der Waals surface area contributed by atoms with Crippen molar-refractivity contribution in [2.75, 3.05) is 13.9 Å². The minimum Gasteiger partial charge on any atom is -0.370 e. The minimum absolute atomic E-state index is 0.151. The van der Waals surface area contributed by atoms with Crippen LogP contribution in [0.3, 0.4) is 0 Å². The Kier molecular flexibility index (Phi) is 7.57. The molecule has 2 N–H and O–H groups in total. The zero-order valence-corrected chi connectivity index (χ0v) is 22.3. The van der Waals surface area contributed by atoms with E-state index in [1.54, 1.807) is 7.11 Å². The first-order chi connectivity index (χ1) is 15.7. The molecule has 3 unspecified atom stereocenters. The number of fused-ring (bicyclic) bond motifs is 5. The summed E-state index contributed by atoms with van der Waals surface area (Å²) in [6.45, 7) is 12.9. The van der Waals surface area contributed by atoms with Crippen molar-refractivity contribution in [2.45, 2.75) is 105 Å². The molecule has 4 aliphatic rings. The Morgan fingerprint density at radius 2 is 1.76 bits per heavy atom. The lowest BCUT2D eigenvalue weighted by Gasteiger charge is -2.65. The molecule has 0 spiro atoms. The molecule has 4 heteroatoms. The van der Waals surface area contributed by atoms with E-state index in [4.69, 9.17) is 15.2 Å². The summed E-state index contributed by atoms with van der Waals surface area (Å²) >= 11 is 0. The van der Waals surface area contributed by atoms with Gasteiger partial charge < -0.3 is 15.2 Å². The Morgan fingerprint density at radius 3 is 2.42 bits per heavy atom. The van der Waals surface area contributed by atoms with Crippen molar-refractivity contribution < 1.29 is 14.3 Å². The topological polar surface area (TPSA) is 61.6 Å². The minimum atomic E-state index is -0.151. The van der Waals surface area contributed by atoms with Crippen LogP contribution in [0.25, 0.3) is 0 Å². The summed E-state index contributed by atoms with van der Waals surface area (Å²) in [6, 6.07) is 0. The van der Waals surface area contributed by atoms with Gasteiger partial charge in [0.15, 0.2) is 0 Å². The Labute approximate surface area is 203 Å². The van der Waals surface area contributed by atoms with Crippen molar-refractivity contribution in [1.29, 1.82) is 0 Å². The third kappa shape index (κ3) is 4.30. The van der Waals surface area contributed by atoms with E-state index in [-0.39, 0.29) is 5.91 Å². The molecule has 0 bridgehead atoms. The van der Waals surface area contributed by atoms with Crippen molar-refractivity contribution in [2.24, 2.45) is 63.9 Å². The number of rotatable bonds is 8. The highest BCUT2D eigenvalue weighted by Crippen LogP contribution is 2.70. The second-order valence-corrected chi connectivity index (χ2v) is 13.1. The molecule has 0 radical (unpaired) electrons. The monoisotopic (exact) mass is 461 g/mol. The van der Waals surface area contributed by atoms with Crippen LogP contribution in [-0.4, -0.2) is 25.9 Å². The molecule has 4 fully saturated rings. The van der Waals surface area contributed by atoms with Gasteiger partial charge in [-0.1, -0.05) is 47.5 Å². The smallest absolute Gasteiger partial charge is 0.217 e.